The molecule has 1 saturated carbocycles. The molecule has 0 N–H and O–H groups in total. The molecule has 2 unspecified atom stereocenters. The van der Waals surface area contributed by atoms with Crippen LogP contribution >= 0.6 is 0 Å². The zero-order valence-electron chi connectivity index (χ0n) is 29.9. The van der Waals surface area contributed by atoms with Gasteiger partial charge in [-0.25, -0.2) is 0 Å². The van der Waals surface area contributed by atoms with Crippen molar-refractivity contribution < 1.29 is 0 Å². The lowest BCUT2D eigenvalue weighted by Gasteiger charge is -2.37. The summed E-state index contributed by atoms with van der Waals surface area (Å²) in [7, 11) is 0. The molecule has 0 aromatic heterocycles. The van der Waals surface area contributed by atoms with Crippen LogP contribution in [0.4, 0.5) is 11.4 Å². The third-order valence-corrected chi connectivity index (χ3v) is 12.6. The second-order valence-corrected chi connectivity index (χ2v) is 15.4. The Morgan fingerprint density at radius 3 is 1.36 bits per heavy atom. The highest BCUT2D eigenvalue weighted by atomic mass is 15.2. The van der Waals surface area contributed by atoms with E-state index in [2.05, 4.69) is 188 Å². The lowest BCUT2D eigenvalue weighted by molar-refractivity contribution is 0.451. The van der Waals surface area contributed by atoms with Crippen LogP contribution in [-0.4, -0.2) is 5.54 Å². The number of rotatable bonds is 5. The van der Waals surface area contributed by atoms with Crippen molar-refractivity contribution in [3.8, 4) is 44.5 Å². The molecule has 0 saturated heterocycles. The average molecular weight is 678 g/mol. The number of fused-ring (bicyclic) bond motifs is 3. The topological polar surface area (TPSA) is 3.24 Å². The lowest BCUT2D eigenvalue weighted by Crippen LogP contribution is -2.40. The molecule has 9 aromatic rings. The number of hydrogen-bond acceptors (Lipinski definition) is 1. The Kier molecular flexibility index (Phi) is 6.70. The highest BCUT2D eigenvalue weighted by molar-refractivity contribution is 6.32. The molecule has 1 heterocycles. The molecule has 0 amide bonds. The molecule has 1 nitrogen and oxygen atoms in total. The first-order valence-electron chi connectivity index (χ1n) is 19.1. The molecule has 1 fully saturated rings. The number of benzene rings is 9. The predicted octanol–water partition coefficient (Wildman–Crippen LogP) is 14.4. The molecule has 2 atom stereocenters. The molecule has 252 valence electrons. The van der Waals surface area contributed by atoms with E-state index in [1.807, 2.05) is 0 Å². The van der Waals surface area contributed by atoms with E-state index in [9.17, 15) is 0 Å². The van der Waals surface area contributed by atoms with Crippen molar-refractivity contribution >= 4 is 43.7 Å². The molecule has 0 bridgehead atoms. The molecule has 2 aliphatic rings. The summed E-state index contributed by atoms with van der Waals surface area (Å²) in [6.07, 6.45) is 3.70. The van der Waals surface area contributed by atoms with E-state index >= 15 is 0 Å². The van der Waals surface area contributed by atoms with E-state index in [0.29, 0.717) is 5.92 Å². The fourth-order valence-electron chi connectivity index (χ4n) is 10.2. The maximum absolute atomic E-state index is 2.65. The Morgan fingerprint density at radius 2 is 0.887 bits per heavy atom. The van der Waals surface area contributed by atoms with Gasteiger partial charge in [0, 0.05) is 22.8 Å². The summed E-state index contributed by atoms with van der Waals surface area (Å²) in [5.41, 5.74) is 14.4. The second kappa shape index (κ2) is 11.7. The van der Waals surface area contributed by atoms with Crippen LogP contribution in [0.2, 0.25) is 0 Å². The minimum absolute atomic E-state index is 0.0852. The van der Waals surface area contributed by atoms with Gasteiger partial charge in [-0.1, -0.05) is 146 Å². The van der Waals surface area contributed by atoms with Crippen LogP contribution < -0.4 is 4.90 Å². The van der Waals surface area contributed by atoms with Crippen LogP contribution in [0.5, 0.6) is 0 Å². The number of nitrogens with zero attached hydrogens (tertiary/aromatic N) is 1. The van der Waals surface area contributed by atoms with Crippen molar-refractivity contribution in [3.63, 3.8) is 0 Å². The van der Waals surface area contributed by atoms with Crippen molar-refractivity contribution in [1.82, 2.24) is 0 Å². The number of hydrogen-bond donors (Lipinski definition) is 0. The monoisotopic (exact) mass is 677 g/mol. The number of para-hydroxylation sites is 1. The van der Waals surface area contributed by atoms with Gasteiger partial charge in [0.05, 0.1) is 0 Å². The highest BCUT2D eigenvalue weighted by Crippen LogP contribution is 2.59. The summed E-state index contributed by atoms with van der Waals surface area (Å²) in [5, 5.41) is 7.91. The van der Waals surface area contributed by atoms with Gasteiger partial charge in [0.15, 0.2) is 0 Å². The summed E-state index contributed by atoms with van der Waals surface area (Å²) in [6.45, 7) is 2.50. The molecule has 11 rings (SSSR count). The summed E-state index contributed by atoms with van der Waals surface area (Å²) >= 11 is 0. The quantitative estimate of drug-likeness (QED) is 0.164. The maximum Gasteiger partial charge on any atom is 0.0492 e. The first kappa shape index (κ1) is 30.4. The molecular formula is C52H39N. The van der Waals surface area contributed by atoms with Gasteiger partial charge in [-0.2, -0.15) is 0 Å². The average Bonchev–Trinajstić information content (AvgIpc) is 3.73. The third-order valence-electron chi connectivity index (χ3n) is 12.6. The Bertz CT molecular complexity index is 2750. The van der Waals surface area contributed by atoms with Crippen molar-refractivity contribution in [2.24, 2.45) is 0 Å². The van der Waals surface area contributed by atoms with Gasteiger partial charge in [0.25, 0.3) is 0 Å². The van der Waals surface area contributed by atoms with E-state index in [0.717, 1.165) is 0 Å². The fourth-order valence-corrected chi connectivity index (χ4v) is 10.2. The maximum atomic E-state index is 2.65. The van der Waals surface area contributed by atoms with Gasteiger partial charge in [-0.05, 0) is 139 Å². The Hall–Kier alpha value is -6.18. The molecule has 53 heavy (non-hydrogen) atoms. The Morgan fingerprint density at radius 1 is 0.453 bits per heavy atom. The molecule has 1 heteroatoms. The van der Waals surface area contributed by atoms with Gasteiger partial charge < -0.3 is 4.90 Å². The van der Waals surface area contributed by atoms with Crippen LogP contribution in [0.25, 0.3) is 76.8 Å². The van der Waals surface area contributed by atoms with Gasteiger partial charge in [0.2, 0.25) is 0 Å². The largest absolute Gasteiger partial charge is 0.335 e. The molecule has 1 aliphatic carbocycles. The first-order valence-corrected chi connectivity index (χ1v) is 19.1. The predicted molar refractivity (Wildman–Crippen MR) is 225 cm³/mol. The zero-order valence-corrected chi connectivity index (χ0v) is 29.9. The van der Waals surface area contributed by atoms with Gasteiger partial charge in [-0.3, -0.25) is 0 Å². The standard InChI is InChI=1S/C52H39N/c1-52-30-14-23-48(52)47-31-37(24-29-49(47)53(52)38-21-12-5-13-22-38)46-33-45(36-19-10-4-11-20-36)41-26-25-39-43(34-15-6-2-7-16-34)32-44(35-17-8-3-9-18-35)40-27-28-42(46)51(41)50(39)40/h2-13,15-22,24-29,31-33,48H,14,23,30H2,1H3. The number of anilines is 2. The third kappa shape index (κ3) is 4.50. The Labute approximate surface area is 311 Å². The van der Waals surface area contributed by atoms with Crippen LogP contribution in [0, 0.1) is 0 Å². The minimum atomic E-state index is 0.0852. The summed E-state index contributed by atoms with van der Waals surface area (Å²) in [6, 6.07) is 65.7. The first-order chi connectivity index (χ1) is 26.2. The van der Waals surface area contributed by atoms with Gasteiger partial charge in [-0.15, -0.1) is 0 Å². The van der Waals surface area contributed by atoms with Gasteiger partial charge in [0.1, 0.15) is 0 Å². The lowest BCUT2D eigenvalue weighted by atomic mass is 9.81. The summed E-state index contributed by atoms with van der Waals surface area (Å²) < 4.78 is 0. The van der Waals surface area contributed by atoms with Gasteiger partial charge >= 0.3 is 0 Å². The minimum Gasteiger partial charge on any atom is -0.335 e. The molecule has 0 radical (unpaired) electrons. The van der Waals surface area contributed by atoms with Crippen LogP contribution in [-0.2, 0) is 0 Å². The summed E-state index contributed by atoms with van der Waals surface area (Å²) in [4.78, 5) is 2.65. The van der Waals surface area contributed by atoms with E-state index < -0.39 is 0 Å². The van der Waals surface area contributed by atoms with Crippen LogP contribution in [0.15, 0.2) is 176 Å². The zero-order chi connectivity index (χ0) is 35.1. The van der Waals surface area contributed by atoms with Crippen molar-refractivity contribution in [3.05, 3.63) is 181 Å². The van der Waals surface area contributed by atoms with E-state index in [1.165, 1.54) is 113 Å². The van der Waals surface area contributed by atoms with E-state index in [-0.39, 0.29) is 5.54 Å². The van der Waals surface area contributed by atoms with Crippen molar-refractivity contribution in [2.75, 3.05) is 4.90 Å². The summed E-state index contributed by atoms with van der Waals surface area (Å²) in [5.74, 6) is 0.507. The second-order valence-electron chi connectivity index (χ2n) is 15.4. The molecule has 1 aliphatic heterocycles. The van der Waals surface area contributed by atoms with Crippen molar-refractivity contribution in [1.29, 1.82) is 0 Å². The normalized spacial score (nSPS) is 17.9. The smallest absolute Gasteiger partial charge is 0.0492 e. The molecular weight excluding hydrogens is 639 g/mol. The van der Waals surface area contributed by atoms with E-state index in [4.69, 9.17) is 0 Å². The molecule has 0 spiro atoms. The fraction of sp³-hybridized carbons (Fsp3) is 0.115. The van der Waals surface area contributed by atoms with Crippen molar-refractivity contribution in [2.45, 2.75) is 37.6 Å². The SMILES string of the molecule is CC12CCCC1c1cc(-c3cc(-c4ccccc4)c4ccc5c(-c6ccccc6)cc(-c6ccccc6)c6ccc3c4c56)ccc1N2c1ccccc1. The van der Waals surface area contributed by atoms with Crippen LogP contribution in [0.3, 0.4) is 0 Å². The highest BCUT2D eigenvalue weighted by Gasteiger charge is 2.51. The Balaban J connectivity index is 1.23. The van der Waals surface area contributed by atoms with E-state index in [1.54, 1.807) is 0 Å². The molecule has 9 aromatic carbocycles. The van der Waals surface area contributed by atoms with Crippen LogP contribution in [0.1, 0.15) is 37.7 Å².